The lowest BCUT2D eigenvalue weighted by Crippen LogP contribution is -2.23. The summed E-state index contributed by atoms with van der Waals surface area (Å²) in [4.78, 5) is 16.9. The van der Waals surface area contributed by atoms with Crippen molar-refractivity contribution in [2.24, 2.45) is 0 Å². The summed E-state index contributed by atoms with van der Waals surface area (Å²) in [7, 11) is 3.16. The highest BCUT2D eigenvalue weighted by atomic mass is 32.1. The normalized spacial score (nSPS) is 11.1. The molecule has 0 atom stereocenters. The molecule has 1 aromatic carbocycles. The van der Waals surface area contributed by atoms with Crippen molar-refractivity contribution in [1.82, 2.24) is 19.9 Å². The van der Waals surface area contributed by atoms with E-state index in [1.165, 1.54) is 23.7 Å². The molecule has 0 saturated carbocycles. The van der Waals surface area contributed by atoms with Gasteiger partial charge in [0.1, 0.15) is 6.33 Å². The minimum atomic E-state index is -0.153. The number of nitrogens with one attached hydrogen (secondary N) is 1. The molecule has 3 aromatic rings. The summed E-state index contributed by atoms with van der Waals surface area (Å²) in [6.45, 7) is 0.529. The lowest BCUT2D eigenvalue weighted by molar-refractivity contribution is -0.116. The topological polar surface area (TPSA) is 77.8 Å². The third-order valence-corrected chi connectivity index (χ3v) is 4.48. The zero-order chi connectivity index (χ0) is 17.6. The van der Waals surface area contributed by atoms with E-state index in [4.69, 9.17) is 9.47 Å². The standard InChI is InChI=1S/C17H18N4O3S/c1-23-14-5-3-12(9-15(14)24-2)4-6-16(22)18-8-7-13-10-25-17-19-11-20-21(13)17/h3-6,9-11H,7-8H2,1-2H3,(H,18,22)/b6-4+. The van der Waals surface area contributed by atoms with Gasteiger partial charge in [-0.05, 0) is 23.8 Å². The van der Waals surface area contributed by atoms with Gasteiger partial charge in [0.15, 0.2) is 11.5 Å². The summed E-state index contributed by atoms with van der Waals surface area (Å²) >= 11 is 1.53. The molecular formula is C17H18N4O3S. The summed E-state index contributed by atoms with van der Waals surface area (Å²) in [5.74, 6) is 1.12. The van der Waals surface area contributed by atoms with Crippen LogP contribution >= 0.6 is 11.3 Å². The average Bonchev–Trinajstić information content (AvgIpc) is 3.24. The number of carbonyl (C=O) groups is 1. The van der Waals surface area contributed by atoms with Crippen LogP contribution in [0.1, 0.15) is 11.3 Å². The van der Waals surface area contributed by atoms with Crippen molar-refractivity contribution in [1.29, 1.82) is 0 Å². The Hall–Kier alpha value is -2.87. The van der Waals surface area contributed by atoms with E-state index < -0.39 is 0 Å². The fraction of sp³-hybridized carbons (Fsp3) is 0.235. The molecule has 2 heterocycles. The van der Waals surface area contributed by atoms with E-state index in [1.54, 1.807) is 30.9 Å². The molecule has 3 rings (SSSR count). The number of methoxy groups -OCH3 is 2. The Balaban J connectivity index is 1.53. The van der Waals surface area contributed by atoms with Gasteiger partial charge >= 0.3 is 0 Å². The number of benzene rings is 1. The summed E-state index contributed by atoms with van der Waals surface area (Å²) in [6.07, 6.45) is 5.45. The van der Waals surface area contributed by atoms with Crippen LogP contribution in [-0.4, -0.2) is 41.3 Å². The number of aromatic nitrogens is 3. The van der Waals surface area contributed by atoms with Gasteiger partial charge < -0.3 is 14.8 Å². The zero-order valence-electron chi connectivity index (χ0n) is 13.9. The number of hydrogen-bond acceptors (Lipinski definition) is 6. The first-order chi connectivity index (χ1) is 12.2. The van der Waals surface area contributed by atoms with Crippen LogP contribution in [0.2, 0.25) is 0 Å². The van der Waals surface area contributed by atoms with Gasteiger partial charge in [0, 0.05) is 24.4 Å². The molecule has 25 heavy (non-hydrogen) atoms. The van der Waals surface area contributed by atoms with E-state index in [0.29, 0.717) is 24.5 Å². The van der Waals surface area contributed by atoms with E-state index in [2.05, 4.69) is 15.4 Å². The third-order valence-electron chi connectivity index (χ3n) is 3.60. The highest BCUT2D eigenvalue weighted by Gasteiger charge is 2.06. The minimum Gasteiger partial charge on any atom is -0.493 e. The Morgan fingerprint density at radius 1 is 1.32 bits per heavy atom. The zero-order valence-corrected chi connectivity index (χ0v) is 14.7. The van der Waals surface area contributed by atoms with Crippen molar-refractivity contribution >= 4 is 28.3 Å². The summed E-state index contributed by atoms with van der Waals surface area (Å²) < 4.78 is 12.2. The molecule has 0 aliphatic carbocycles. The highest BCUT2D eigenvalue weighted by molar-refractivity contribution is 7.15. The van der Waals surface area contributed by atoms with Crippen LogP contribution in [0.25, 0.3) is 11.0 Å². The van der Waals surface area contributed by atoms with Crippen molar-refractivity contribution in [2.45, 2.75) is 6.42 Å². The van der Waals surface area contributed by atoms with Gasteiger partial charge in [-0.15, -0.1) is 11.3 Å². The van der Waals surface area contributed by atoms with Crippen LogP contribution in [0.5, 0.6) is 11.5 Å². The second-order valence-corrected chi connectivity index (χ2v) is 6.01. The van der Waals surface area contributed by atoms with Gasteiger partial charge in [-0.25, -0.2) is 9.50 Å². The molecule has 8 heteroatoms. The average molecular weight is 358 g/mol. The largest absolute Gasteiger partial charge is 0.493 e. The van der Waals surface area contributed by atoms with Crippen molar-refractivity contribution in [3.8, 4) is 11.5 Å². The summed E-state index contributed by atoms with van der Waals surface area (Å²) in [6, 6.07) is 5.48. The molecule has 0 spiro atoms. The number of fused-ring (bicyclic) bond motifs is 1. The van der Waals surface area contributed by atoms with Crippen LogP contribution < -0.4 is 14.8 Å². The fourth-order valence-electron chi connectivity index (χ4n) is 2.34. The summed E-state index contributed by atoms with van der Waals surface area (Å²) in [5, 5.41) is 9.01. The Kier molecular flexibility index (Phi) is 5.30. The van der Waals surface area contributed by atoms with Crippen LogP contribution in [-0.2, 0) is 11.2 Å². The Morgan fingerprint density at radius 3 is 2.96 bits per heavy atom. The van der Waals surface area contributed by atoms with Gasteiger partial charge in [-0.2, -0.15) is 5.10 Å². The molecule has 1 N–H and O–H groups in total. The summed E-state index contributed by atoms with van der Waals surface area (Å²) in [5.41, 5.74) is 1.89. The second-order valence-electron chi connectivity index (χ2n) is 5.17. The molecule has 2 aromatic heterocycles. The highest BCUT2D eigenvalue weighted by Crippen LogP contribution is 2.27. The molecule has 7 nitrogen and oxygen atoms in total. The maximum absolute atomic E-state index is 11.9. The Bertz CT molecular complexity index is 900. The lowest BCUT2D eigenvalue weighted by Gasteiger charge is -2.07. The van der Waals surface area contributed by atoms with E-state index >= 15 is 0 Å². The Morgan fingerprint density at radius 2 is 2.16 bits per heavy atom. The van der Waals surface area contributed by atoms with Crippen LogP contribution in [0.4, 0.5) is 0 Å². The molecule has 0 unspecified atom stereocenters. The quantitative estimate of drug-likeness (QED) is 0.655. The number of hydrogen-bond donors (Lipinski definition) is 1. The van der Waals surface area contributed by atoms with Gasteiger partial charge in [0.05, 0.1) is 19.9 Å². The molecule has 0 bridgehead atoms. The molecule has 130 valence electrons. The SMILES string of the molecule is COc1ccc(/C=C/C(=O)NCCc2csc3ncnn23)cc1OC. The number of nitrogens with zero attached hydrogens (tertiary/aromatic N) is 3. The first-order valence-corrected chi connectivity index (χ1v) is 8.53. The minimum absolute atomic E-state index is 0.153. The first-order valence-electron chi connectivity index (χ1n) is 7.65. The molecule has 0 fully saturated rings. The number of thiazole rings is 1. The monoisotopic (exact) mass is 358 g/mol. The number of carbonyl (C=O) groups excluding carboxylic acids is 1. The van der Waals surface area contributed by atoms with E-state index in [-0.39, 0.29) is 5.91 Å². The molecular weight excluding hydrogens is 340 g/mol. The maximum Gasteiger partial charge on any atom is 0.244 e. The van der Waals surface area contributed by atoms with Crippen LogP contribution in [0.3, 0.4) is 0 Å². The molecule has 0 aliphatic heterocycles. The molecule has 0 radical (unpaired) electrons. The van der Waals surface area contributed by atoms with Crippen LogP contribution in [0.15, 0.2) is 36.0 Å². The van der Waals surface area contributed by atoms with Gasteiger partial charge in [-0.3, -0.25) is 4.79 Å². The first kappa shape index (κ1) is 17.0. The number of rotatable bonds is 7. The second kappa shape index (κ2) is 7.80. The third kappa shape index (κ3) is 3.97. The van der Waals surface area contributed by atoms with Crippen molar-refractivity contribution in [3.05, 3.63) is 47.2 Å². The molecule has 0 saturated heterocycles. The predicted molar refractivity (Wildman–Crippen MR) is 96.2 cm³/mol. The van der Waals surface area contributed by atoms with Gasteiger partial charge in [0.2, 0.25) is 10.9 Å². The predicted octanol–water partition coefficient (Wildman–Crippen LogP) is 2.18. The molecule has 0 aliphatic rings. The van der Waals surface area contributed by atoms with E-state index in [9.17, 15) is 4.79 Å². The van der Waals surface area contributed by atoms with E-state index in [1.807, 2.05) is 17.5 Å². The van der Waals surface area contributed by atoms with Crippen molar-refractivity contribution in [3.63, 3.8) is 0 Å². The van der Waals surface area contributed by atoms with Gasteiger partial charge in [-0.1, -0.05) is 6.07 Å². The van der Waals surface area contributed by atoms with Crippen molar-refractivity contribution < 1.29 is 14.3 Å². The number of amides is 1. The lowest BCUT2D eigenvalue weighted by atomic mass is 10.2. The number of ether oxygens (including phenoxy) is 2. The van der Waals surface area contributed by atoms with E-state index in [0.717, 1.165) is 16.2 Å². The Labute approximate surface area is 148 Å². The van der Waals surface area contributed by atoms with Gasteiger partial charge in [0.25, 0.3) is 0 Å². The fourth-order valence-corrected chi connectivity index (χ4v) is 3.18. The van der Waals surface area contributed by atoms with Crippen molar-refractivity contribution in [2.75, 3.05) is 20.8 Å². The smallest absolute Gasteiger partial charge is 0.244 e. The van der Waals surface area contributed by atoms with Crippen LogP contribution in [0, 0.1) is 0 Å². The molecule has 1 amide bonds. The maximum atomic E-state index is 11.9.